The van der Waals surface area contributed by atoms with Gasteiger partial charge in [-0.2, -0.15) is 0 Å². The van der Waals surface area contributed by atoms with Crippen LogP contribution in [0.5, 0.6) is 0 Å². The van der Waals surface area contributed by atoms with Crippen LogP contribution in [-0.2, 0) is 33.2 Å². The Morgan fingerprint density at radius 2 is 0.588 bits per heavy atom. The SMILES string of the molecule is CC/C=C\C/C=C\C/C=C\C/C=C\C/C=C\C/C=C\CCCCCCCCCCCCCCCCCCCCCCCCC(=O)NC(COC1OC(CO)C(OC2OC(CO)C(OC3OC(CO)C(O)C(O)C3O)C(O)C2O)C(O)C1O)C(O)/C=C/CC/C=C/CC/C=C/CCCCCCCCCCCCCCCCCCCCCCCCC. The maximum absolute atomic E-state index is 13.5. The van der Waals surface area contributed by atoms with E-state index in [1.807, 2.05) is 6.08 Å². The van der Waals surface area contributed by atoms with E-state index in [1.54, 1.807) is 6.08 Å². The fourth-order valence-electron chi connectivity index (χ4n) is 15.9. The number of unbranched alkanes of at least 4 members (excludes halogenated alkanes) is 47. The molecule has 0 spiro atoms. The monoisotopic (exact) mass is 1680 g/mol. The van der Waals surface area contributed by atoms with E-state index in [1.165, 1.54) is 270 Å². The van der Waals surface area contributed by atoms with Gasteiger partial charge in [-0.3, -0.25) is 4.79 Å². The summed E-state index contributed by atoms with van der Waals surface area (Å²) >= 11 is 0. The highest BCUT2D eigenvalue weighted by Gasteiger charge is 2.54. The first kappa shape index (κ1) is 110. The summed E-state index contributed by atoms with van der Waals surface area (Å²) in [7, 11) is 0. The van der Waals surface area contributed by atoms with E-state index in [9.17, 15) is 61.0 Å². The lowest BCUT2D eigenvalue weighted by molar-refractivity contribution is -0.379. The number of allylic oxidation sites excluding steroid dienone is 17. The molecule has 19 heteroatoms. The van der Waals surface area contributed by atoms with Crippen LogP contribution >= 0.6 is 0 Å². The van der Waals surface area contributed by atoms with Crippen molar-refractivity contribution in [3.05, 3.63) is 109 Å². The van der Waals surface area contributed by atoms with E-state index < -0.39 is 124 Å². The number of aliphatic hydroxyl groups excluding tert-OH is 11. The zero-order chi connectivity index (χ0) is 85.9. The lowest BCUT2D eigenvalue weighted by Crippen LogP contribution is -2.66. The van der Waals surface area contributed by atoms with Gasteiger partial charge in [0.25, 0.3) is 0 Å². The topological polar surface area (TPSA) is 307 Å². The highest BCUT2D eigenvalue weighted by Crippen LogP contribution is 2.34. The summed E-state index contributed by atoms with van der Waals surface area (Å²) in [5.41, 5.74) is 0. The molecular weight excluding hydrogens is 1500 g/mol. The Labute approximate surface area is 723 Å². The molecule has 3 saturated heterocycles. The molecule has 3 rings (SSSR count). The molecule has 0 aliphatic carbocycles. The number of rotatable bonds is 79. The van der Waals surface area contributed by atoms with E-state index in [4.69, 9.17) is 28.4 Å². The van der Waals surface area contributed by atoms with Crippen LogP contribution in [0.3, 0.4) is 0 Å². The molecule has 3 aliphatic heterocycles. The molecule has 0 bridgehead atoms. The fourth-order valence-corrected chi connectivity index (χ4v) is 15.9. The molecule has 119 heavy (non-hydrogen) atoms. The Morgan fingerprint density at radius 1 is 0.311 bits per heavy atom. The molecule has 17 atom stereocenters. The standard InChI is InChI=1S/C100H177NO18/c1-3-5-7-9-11-13-15-17-19-21-23-25-27-29-31-33-35-37-38-39-40-41-42-43-44-46-48-50-52-54-56-58-60-62-64-66-68-70-72-74-76-78-88(106)101-83(84(105)77-75-73-71-69-67-65-63-61-59-57-55-53-51-49-47-45-36-34-32-30-28-26-24-22-20-18-16-14-12-10-8-6-4-2)82-114-98-94(112)91(109)96(86(80-103)116-98)119-100-95(113)92(110)97(87(81-104)117-100)118-99-93(111)90(108)89(107)85(79-102)115-99/h5,7,11,13,17,19,23,25,29,31,35,37,59,61,67,69,75,77,83-87,89-100,102-105,107-113H,3-4,6,8-10,12,14-16,18,20-22,24,26-28,30,32-34,36,38-58,60,62-66,68,70-74,76,78-82H2,1-2H3,(H,101,106)/b7-5-,13-11-,19-17-,25-23-,31-29-,37-35-,61-59+,69-67+,77-75+. The largest absolute Gasteiger partial charge is 0.394 e. The molecule has 1 amide bonds. The minimum Gasteiger partial charge on any atom is -0.394 e. The molecule has 0 aromatic heterocycles. The van der Waals surface area contributed by atoms with Gasteiger partial charge in [0.15, 0.2) is 18.9 Å². The second-order valence-corrected chi connectivity index (χ2v) is 34.1. The van der Waals surface area contributed by atoms with Crippen LogP contribution in [0.25, 0.3) is 0 Å². The van der Waals surface area contributed by atoms with Crippen molar-refractivity contribution in [2.24, 2.45) is 0 Å². The fraction of sp³-hybridized carbons (Fsp3) is 0.810. The van der Waals surface area contributed by atoms with Crippen LogP contribution in [-0.4, -0.2) is 193 Å². The van der Waals surface area contributed by atoms with Gasteiger partial charge < -0.3 is 89.9 Å². The number of amides is 1. The minimum atomic E-state index is -1.99. The second kappa shape index (κ2) is 78.0. The van der Waals surface area contributed by atoms with E-state index in [2.05, 4.69) is 116 Å². The van der Waals surface area contributed by atoms with Crippen LogP contribution < -0.4 is 5.32 Å². The van der Waals surface area contributed by atoms with Crippen molar-refractivity contribution in [2.75, 3.05) is 26.4 Å². The van der Waals surface area contributed by atoms with Gasteiger partial charge in [0.1, 0.15) is 73.2 Å². The Morgan fingerprint density at radius 3 is 0.941 bits per heavy atom. The third-order valence-corrected chi connectivity index (χ3v) is 23.5. The number of carbonyl (C=O) groups is 1. The molecule has 0 aromatic rings. The lowest BCUT2D eigenvalue weighted by Gasteiger charge is -2.48. The van der Waals surface area contributed by atoms with Crippen molar-refractivity contribution in [3.63, 3.8) is 0 Å². The first-order valence-electron chi connectivity index (χ1n) is 48.6. The van der Waals surface area contributed by atoms with Crippen molar-refractivity contribution in [1.29, 1.82) is 0 Å². The molecule has 3 heterocycles. The third kappa shape index (κ3) is 55.5. The average Bonchev–Trinajstić information content (AvgIpc) is 0.778. The van der Waals surface area contributed by atoms with Crippen molar-refractivity contribution in [2.45, 2.75) is 491 Å². The Hall–Kier alpha value is -3.55. The summed E-state index contributed by atoms with van der Waals surface area (Å²) in [5.74, 6) is -0.285. The first-order valence-corrected chi connectivity index (χ1v) is 48.6. The molecular formula is C100H177NO18. The van der Waals surface area contributed by atoms with Crippen LogP contribution in [0.15, 0.2) is 109 Å². The summed E-state index contributed by atoms with van der Waals surface area (Å²) in [4.78, 5) is 13.5. The number of hydrogen-bond donors (Lipinski definition) is 12. The van der Waals surface area contributed by atoms with Crippen LogP contribution in [0.4, 0.5) is 0 Å². The van der Waals surface area contributed by atoms with Gasteiger partial charge in [0.2, 0.25) is 5.91 Å². The molecule has 17 unspecified atom stereocenters. The summed E-state index contributed by atoms with van der Waals surface area (Å²) in [5, 5.41) is 121. The van der Waals surface area contributed by atoms with Gasteiger partial charge in [0, 0.05) is 6.42 Å². The summed E-state index contributed by atoms with van der Waals surface area (Å²) < 4.78 is 34.5. The molecule has 690 valence electrons. The molecule has 0 radical (unpaired) electrons. The predicted molar refractivity (Wildman–Crippen MR) is 484 cm³/mol. The quantitative estimate of drug-likeness (QED) is 0.0199. The number of carbonyl (C=O) groups excluding carboxylic acids is 1. The zero-order valence-electron chi connectivity index (χ0n) is 74.8. The molecule has 19 nitrogen and oxygen atoms in total. The van der Waals surface area contributed by atoms with Gasteiger partial charge in [0.05, 0.1) is 38.6 Å². The number of ether oxygens (including phenoxy) is 6. The highest BCUT2D eigenvalue weighted by atomic mass is 16.8. The van der Waals surface area contributed by atoms with Gasteiger partial charge >= 0.3 is 0 Å². The van der Waals surface area contributed by atoms with Gasteiger partial charge in [-0.15, -0.1) is 0 Å². The molecule has 0 aromatic carbocycles. The Kier molecular flexibility index (Phi) is 71.8. The Bertz CT molecular complexity index is 2570. The highest BCUT2D eigenvalue weighted by molar-refractivity contribution is 5.76. The van der Waals surface area contributed by atoms with Crippen LogP contribution in [0.1, 0.15) is 386 Å². The van der Waals surface area contributed by atoms with E-state index in [0.29, 0.717) is 12.8 Å². The maximum Gasteiger partial charge on any atom is 0.220 e. The molecule has 12 N–H and O–H groups in total. The average molecular weight is 1680 g/mol. The maximum atomic E-state index is 13.5. The molecule has 3 fully saturated rings. The van der Waals surface area contributed by atoms with Crippen LogP contribution in [0, 0.1) is 0 Å². The van der Waals surface area contributed by atoms with Crippen LogP contribution in [0.2, 0.25) is 0 Å². The van der Waals surface area contributed by atoms with E-state index >= 15 is 0 Å². The van der Waals surface area contributed by atoms with Crippen molar-refractivity contribution >= 4 is 5.91 Å². The molecule has 0 saturated carbocycles. The summed E-state index contributed by atoms with van der Waals surface area (Å²) in [6.07, 6.45) is 84.1. The first-order chi connectivity index (χ1) is 58.3. The van der Waals surface area contributed by atoms with Gasteiger partial charge in [-0.05, 0) is 96.3 Å². The van der Waals surface area contributed by atoms with Crippen molar-refractivity contribution in [3.8, 4) is 0 Å². The van der Waals surface area contributed by atoms with E-state index in [-0.39, 0.29) is 18.9 Å². The van der Waals surface area contributed by atoms with Gasteiger partial charge in [-0.1, -0.05) is 393 Å². The minimum absolute atomic E-state index is 0.231. The van der Waals surface area contributed by atoms with Crippen molar-refractivity contribution < 1.29 is 89.4 Å². The van der Waals surface area contributed by atoms with E-state index in [0.717, 1.165) is 83.5 Å². The predicted octanol–water partition coefficient (Wildman–Crippen LogP) is 20.0. The third-order valence-electron chi connectivity index (χ3n) is 23.5. The Balaban J connectivity index is 1.30. The van der Waals surface area contributed by atoms with Gasteiger partial charge in [-0.25, -0.2) is 0 Å². The second-order valence-electron chi connectivity index (χ2n) is 34.1. The lowest BCUT2D eigenvalue weighted by atomic mass is 9.96. The zero-order valence-corrected chi connectivity index (χ0v) is 74.8. The number of hydrogen-bond acceptors (Lipinski definition) is 18. The summed E-state index contributed by atoms with van der Waals surface area (Å²) in [6, 6.07) is -1.00. The number of nitrogens with one attached hydrogen (secondary N) is 1. The molecule has 3 aliphatic rings. The normalized spacial score (nSPS) is 24.7. The number of aliphatic hydroxyl groups is 11. The van der Waals surface area contributed by atoms with Crippen molar-refractivity contribution in [1.82, 2.24) is 5.32 Å². The summed E-state index contributed by atoms with van der Waals surface area (Å²) in [6.45, 7) is 1.65. The smallest absolute Gasteiger partial charge is 0.220 e.